The number of nitrogens with one attached hydrogen (secondary N) is 1. The zero-order valence-electron chi connectivity index (χ0n) is 15.2. The predicted molar refractivity (Wildman–Crippen MR) is 94.5 cm³/mol. The second-order valence-electron chi connectivity index (χ2n) is 6.75. The highest BCUT2D eigenvalue weighted by atomic mass is 16.5. The standard InChI is InChI=1S/C18H27N3O4/c1-13(25-15(22)10-11-20-17(19)24)16(23)21(18(2,3)4)12-14-8-6-5-7-9-14/h5-9,13H,10-12H2,1-4H3,(H3,19,20,24)/t13-/m0/s1. The Kier molecular flexibility index (Phi) is 7.42. The molecule has 1 atom stereocenters. The van der Waals surface area contributed by atoms with Crippen LogP contribution >= 0.6 is 0 Å². The van der Waals surface area contributed by atoms with Gasteiger partial charge in [-0.2, -0.15) is 0 Å². The second-order valence-corrected chi connectivity index (χ2v) is 6.75. The third-order valence-corrected chi connectivity index (χ3v) is 3.54. The van der Waals surface area contributed by atoms with Gasteiger partial charge in [-0.1, -0.05) is 30.3 Å². The van der Waals surface area contributed by atoms with Crippen LogP contribution in [0.5, 0.6) is 0 Å². The number of primary amides is 1. The number of benzene rings is 1. The summed E-state index contributed by atoms with van der Waals surface area (Å²) < 4.78 is 5.19. The Bertz CT molecular complexity index is 596. The molecule has 7 nitrogen and oxygen atoms in total. The fraction of sp³-hybridized carbons (Fsp3) is 0.500. The van der Waals surface area contributed by atoms with E-state index < -0.39 is 23.6 Å². The van der Waals surface area contributed by atoms with Crippen LogP contribution in [0.4, 0.5) is 4.79 Å². The van der Waals surface area contributed by atoms with Crippen LogP contribution < -0.4 is 11.1 Å². The fourth-order valence-electron chi connectivity index (χ4n) is 2.23. The molecule has 0 bridgehead atoms. The maximum absolute atomic E-state index is 12.8. The van der Waals surface area contributed by atoms with Gasteiger partial charge in [-0.15, -0.1) is 0 Å². The molecule has 0 fully saturated rings. The first-order chi connectivity index (χ1) is 11.6. The van der Waals surface area contributed by atoms with Crippen molar-refractivity contribution in [2.45, 2.75) is 52.3 Å². The summed E-state index contributed by atoms with van der Waals surface area (Å²) in [5.74, 6) is -0.837. The average Bonchev–Trinajstić information content (AvgIpc) is 2.51. The molecule has 0 aromatic heterocycles. The van der Waals surface area contributed by atoms with Crippen molar-refractivity contribution in [3.8, 4) is 0 Å². The molecule has 0 aliphatic heterocycles. The molecular formula is C18H27N3O4. The van der Waals surface area contributed by atoms with E-state index in [0.29, 0.717) is 6.54 Å². The number of ether oxygens (including phenoxy) is 1. The molecular weight excluding hydrogens is 322 g/mol. The zero-order valence-corrected chi connectivity index (χ0v) is 15.2. The van der Waals surface area contributed by atoms with Gasteiger partial charge in [-0.25, -0.2) is 4.79 Å². The van der Waals surface area contributed by atoms with E-state index in [2.05, 4.69) is 5.32 Å². The average molecular weight is 349 g/mol. The quantitative estimate of drug-likeness (QED) is 0.733. The Morgan fingerprint density at radius 3 is 2.32 bits per heavy atom. The Morgan fingerprint density at radius 1 is 1.20 bits per heavy atom. The number of carbonyl (C=O) groups excluding carboxylic acids is 3. The van der Waals surface area contributed by atoms with Gasteiger partial charge in [0, 0.05) is 18.6 Å². The van der Waals surface area contributed by atoms with Crippen LogP contribution in [0.3, 0.4) is 0 Å². The molecule has 7 heteroatoms. The van der Waals surface area contributed by atoms with Gasteiger partial charge in [-0.05, 0) is 33.3 Å². The fourth-order valence-corrected chi connectivity index (χ4v) is 2.23. The van der Waals surface area contributed by atoms with Crippen LogP contribution in [-0.2, 0) is 20.9 Å². The molecule has 0 spiro atoms. The van der Waals surface area contributed by atoms with Crippen molar-refractivity contribution in [1.29, 1.82) is 0 Å². The normalized spacial score (nSPS) is 12.2. The van der Waals surface area contributed by atoms with Crippen LogP contribution in [-0.4, -0.2) is 41.0 Å². The summed E-state index contributed by atoms with van der Waals surface area (Å²) in [4.78, 5) is 36.8. The van der Waals surface area contributed by atoms with Crippen molar-refractivity contribution in [2.75, 3.05) is 6.54 Å². The molecule has 1 rings (SSSR count). The number of carbonyl (C=O) groups is 3. The Hall–Kier alpha value is -2.57. The molecule has 0 unspecified atom stereocenters. The molecule has 3 amide bonds. The van der Waals surface area contributed by atoms with E-state index in [9.17, 15) is 14.4 Å². The summed E-state index contributed by atoms with van der Waals surface area (Å²) in [5, 5.41) is 2.30. The molecule has 0 saturated heterocycles. The van der Waals surface area contributed by atoms with E-state index >= 15 is 0 Å². The molecule has 0 aliphatic rings. The van der Waals surface area contributed by atoms with Crippen LogP contribution in [0.1, 0.15) is 39.7 Å². The first kappa shape index (κ1) is 20.5. The smallest absolute Gasteiger partial charge is 0.312 e. The molecule has 1 aromatic carbocycles. The van der Waals surface area contributed by atoms with Crippen LogP contribution in [0.15, 0.2) is 30.3 Å². The first-order valence-corrected chi connectivity index (χ1v) is 8.19. The van der Waals surface area contributed by atoms with Crippen LogP contribution in [0.25, 0.3) is 0 Å². The molecule has 3 N–H and O–H groups in total. The number of nitrogens with zero attached hydrogens (tertiary/aromatic N) is 1. The maximum atomic E-state index is 12.8. The second kappa shape index (κ2) is 9.05. The lowest BCUT2D eigenvalue weighted by Gasteiger charge is -2.37. The van der Waals surface area contributed by atoms with E-state index in [1.165, 1.54) is 0 Å². The van der Waals surface area contributed by atoms with Gasteiger partial charge in [0.1, 0.15) is 0 Å². The SMILES string of the molecule is C[C@H](OC(=O)CCNC(N)=O)C(=O)N(Cc1ccccc1)C(C)(C)C. The summed E-state index contributed by atoms with van der Waals surface area (Å²) in [5.41, 5.74) is 5.49. The van der Waals surface area contributed by atoms with Crippen molar-refractivity contribution in [2.24, 2.45) is 5.73 Å². The van der Waals surface area contributed by atoms with Crippen molar-refractivity contribution in [3.63, 3.8) is 0 Å². The molecule has 0 aliphatic carbocycles. The van der Waals surface area contributed by atoms with Crippen molar-refractivity contribution in [1.82, 2.24) is 10.2 Å². The Balaban J connectivity index is 2.70. The maximum Gasteiger partial charge on any atom is 0.312 e. The summed E-state index contributed by atoms with van der Waals surface area (Å²) in [6.07, 6.45) is -0.960. The number of rotatable bonds is 7. The number of hydrogen-bond donors (Lipinski definition) is 2. The Morgan fingerprint density at radius 2 is 1.80 bits per heavy atom. The van der Waals surface area contributed by atoms with Gasteiger partial charge in [0.05, 0.1) is 6.42 Å². The van der Waals surface area contributed by atoms with Gasteiger partial charge >= 0.3 is 12.0 Å². The van der Waals surface area contributed by atoms with Gasteiger partial charge in [-0.3, -0.25) is 9.59 Å². The lowest BCUT2D eigenvalue weighted by molar-refractivity contribution is -0.162. The number of hydrogen-bond acceptors (Lipinski definition) is 4. The van der Waals surface area contributed by atoms with Gasteiger partial charge in [0.15, 0.2) is 6.10 Å². The third-order valence-electron chi connectivity index (χ3n) is 3.54. The number of nitrogens with two attached hydrogens (primary N) is 1. The van der Waals surface area contributed by atoms with Crippen molar-refractivity contribution < 1.29 is 19.1 Å². The topological polar surface area (TPSA) is 102 Å². The zero-order chi connectivity index (χ0) is 19.0. The minimum Gasteiger partial charge on any atom is -0.452 e. The summed E-state index contributed by atoms with van der Waals surface area (Å²) in [7, 11) is 0. The van der Waals surface area contributed by atoms with E-state index in [1.54, 1.807) is 11.8 Å². The first-order valence-electron chi connectivity index (χ1n) is 8.19. The van der Waals surface area contributed by atoms with E-state index in [-0.39, 0.29) is 18.9 Å². The minimum absolute atomic E-state index is 0.0469. The van der Waals surface area contributed by atoms with Gasteiger partial charge < -0.3 is 20.7 Å². The summed E-state index contributed by atoms with van der Waals surface area (Å²) >= 11 is 0. The molecule has 0 saturated carbocycles. The highest BCUT2D eigenvalue weighted by molar-refractivity contribution is 5.84. The van der Waals surface area contributed by atoms with Crippen molar-refractivity contribution >= 4 is 17.9 Å². The van der Waals surface area contributed by atoms with E-state index in [1.807, 2.05) is 51.1 Å². The predicted octanol–water partition coefficient (Wildman–Crippen LogP) is 1.80. The highest BCUT2D eigenvalue weighted by Crippen LogP contribution is 2.19. The third kappa shape index (κ3) is 7.24. The van der Waals surface area contributed by atoms with Gasteiger partial charge in [0.2, 0.25) is 0 Å². The summed E-state index contributed by atoms with van der Waals surface area (Å²) in [6.45, 7) is 7.83. The number of urea groups is 1. The molecule has 0 radical (unpaired) electrons. The summed E-state index contributed by atoms with van der Waals surface area (Å²) in [6, 6.07) is 8.91. The van der Waals surface area contributed by atoms with E-state index in [4.69, 9.17) is 10.5 Å². The van der Waals surface area contributed by atoms with Gasteiger partial charge in [0.25, 0.3) is 5.91 Å². The number of amides is 3. The Labute approximate surface area is 148 Å². The molecule has 0 heterocycles. The number of esters is 1. The molecule has 138 valence electrons. The lowest BCUT2D eigenvalue weighted by atomic mass is 10.0. The molecule has 25 heavy (non-hydrogen) atoms. The van der Waals surface area contributed by atoms with Crippen LogP contribution in [0, 0.1) is 0 Å². The lowest BCUT2D eigenvalue weighted by Crippen LogP contribution is -2.49. The van der Waals surface area contributed by atoms with Crippen molar-refractivity contribution in [3.05, 3.63) is 35.9 Å². The largest absolute Gasteiger partial charge is 0.452 e. The van der Waals surface area contributed by atoms with Crippen LogP contribution in [0.2, 0.25) is 0 Å². The minimum atomic E-state index is -0.913. The highest BCUT2D eigenvalue weighted by Gasteiger charge is 2.31. The monoisotopic (exact) mass is 349 g/mol. The van der Waals surface area contributed by atoms with E-state index in [0.717, 1.165) is 5.56 Å². The molecule has 1 aromatic rings.